The van der Waals surface area contributed by atoms with Gasteiger partial charge in [0.1, 0.15) is 4.88 Å². The molecule has 0 aliphatic carbocycles. The molecule has 0 fully saturated rings. The van der Waals surface area contributed by atoms with Crippen LogP contribution in [0.25, 0.3) is 10.1 Å². The van der Waals surface area contributed by atoms with Gasteiger partial charge in [-0.15, -0.1) is 11.3 Å². The second kappa shape index (κ2) is 8.62. The second-order valence-corrected chi connectivity index (χ2v) is 7.25. The van der Waals surface area contributed by atoms with Gasteiger partial charge in [-0.25, -0.2) is 4.79 Å². The van der Waals surface area contributed by atoms with Crippen LogP contribution in [0, 0.1) is 10.1 Å². The summed E-state index contributed by atoms with van der Waals surface area (Å²) in [6.07, 6.45) is -0.259. The lowest BCUT2D eigenvalue weighted by molar-refractivity contribution is -0.384. The molecule has 1 amide bonds. The van der Waals surface area contributed by atoms with E-state index in [9.17, 15) is 19.7 Å². The van der Waals surface area contributed by atoms with Crippen molar-refractivity contribution in [2.75, 3.05) is 6.54 Å². The lowest BCUT2D eigenvalue weighted by Gasteiger charge is -2.13. The summed E-state index contributed by atoms with van der Waals surface area (Å²) in [7, 11) is 0. The number of benzene rings is 2. The Kier molecular flexibility index (Phi) is 6.00. The van der Waals surface area contributed by atoms with Gasteiger partial charge in [0, 0.05) is 28.8 Å². The molecule has 28 heavy (non-hydrogen) atoms. The molecular weight excluding hydrogens is 380 g/mol. The van der Waals surface area contributed by atoms with Gasteiger partial charge < -0.3 is 10.1 Å². The minimum atomic E-state index is -0.942. The maximum atomic E-state index is 12.3. The number of carbonyl (C=O) groups excluding carboxylic acids is 2. The molecule has 7 nitrogen and oxygen atoms in total. The highest BCUT2D eigenvalue weighted by molar-refractivity contribution is 7.20. The number of nitro groups is 1. The number of rotatable bonds is 7. The third kappa shape index (κ3) is 4.72. The Morgan fingerprint density at radius 1 is 1.18 bits per heavy atom. The van der Waals surface area contributed by atoms with Crippen LogP contribution in [-0.4, -0.2) is 29.4 Å². The molecule has 2 aromatic carbocycles. The third-order valence-electron chi connectivity index (χ3n) is 4.12. The molecule has 1 atom stereocenters. The van der Waals surface area contributed by atoms with Crippen molar-refractivity contribution in [3.8, 4) is 0 Å². The Balaban J connectivity index is 1.56. The summed E-state index contributed by atoms with van der Waals surface area (Å²) in [5.74, 6) is -1.00. The van der Waals surface area contributed by atoms with Gasteiger partial charge in [-0.05, 0) is 31.0 Å². The van der Waals surface area contributed by atoms with Crippen molar-refractivity contribution in [3.63, 3.8) is 0 Å². The minimum Gasteiger partial charge on any atom is -0.448 e. The van der Waals surface area contributed by atoms with Crippen molar-refractivity contribution >= 4 is 39.0 Å². The molecule has 3 rings (SSSR count). The van der Waals surface area contributed by atoms with Crippen LogP contribution in [0.15, 0.2) is 54.6 Å². The summed E-state index contributed by atoms with van der Waals surface area (Å²) >= 11 is 1.17. The lowest BCUT2D eigenvalue weighted by Crippen LogP contribution is -2.36. The first-order valence-corrected chi connectivity index (χ1v) is 9.46. The van der Waals surface area contributed by atoms with E-state index in [4.69, 9.17) is 4.74 Å². The average molecular weight is 398 g/mol. The van der Waals surface area contributed by atoms with Crippen LogP contribution in [0.1, 0.15) is 22.2 Å². The van der Waals surface area contributed by atoms with Gasteiger partial charge in [0.15, 0.2) is 6.10 Å². The Labute approximate surface area is 165 Å². The molecule has 144 valence electrons. The van der Waals surface area contributed by atoms with Crippen LogP contribution in [-0.2, 0) is 16.0 Å². The molecule has 0 bridgehead atoms. The Hall–Kier alpha value is -3.26. The van der Waals surface area contributed by atoms with E-state index in [0.29, 0.717) is 23.2 Å². The molecule has 0 aliphatic heterocycles. The highest BCUT2D eigenvalue weighted by Gasteiger charge is 2.20. The summed E-state index contributed by atoms with van der Waals surface area (Å²) in [6.45, 7) is 1.95. The summed E-state index contributed by atoms with van der Waals surface area (Å²) in [5.41, 5.74) is 1.06. The number of hydrogen-bond donors (Lipinski definition) is 1. The number of hydrogen-bond acceptors (Lipinski definition) is 6. The molecule has 3 aromatic rings. The zero-order valence-corrected chi connectivity index (χ0v) is 15.9. The van der Waals surface area contributed by atoms with Crippen molar-refractivity contribution in [1.82, 2.24) is 5.32 Å². The maximum Gasteiger partial charge on any atom is 0.349 e. The molecule has 0 saturated heterocycles. The van der Waals surface area contributed by atoms with E-state index in [1.807, 2.05) is 30.3 Å². The van der Waals surface area contributed by atoms with Crippen LogP contribution < -0.4 is 5.32 Å². The van der Waals surface area contributed by atoms with Crippen molar-refractivity contribution < 1.29 is 19.2 Å². The van der Waals surface area contributed by atoms with E-state index in [2.05, 4.69) is 5.32 Å². The second-order valence-electron chi connectivity index (χ2n) is 6.16. The van der Waals surface area contributed by atoms with Gasteiger partial charge in [0.2, 0.25) is 0 Å². The Morgan fingerprint density at radius 3 is 2.64 bits per heavy atom. The Bertz CT molecular complexity index is 1020. The third-order valence-corrected chi connectivity index (χ3v) is 5.22. The fourth-order valence-electron chi connectivity index (χ4n) is 2.64. The van der Waals surface area contributed by atoms with E-state index >= 15 is 0 Å². The summed E-state index contributed by atoms with van der Waals surface area (Å²) in [4.78, 5) is 35.1. The van der Waals surface area contributed by atoms with E-state index in [-0.39, 0.29) is 11.6 Å². The first-order chi connectivity index (χ1) is 13.4. The largest absolute Gasteiger partial charge is 0.448 e. The number of nitrogens with zero attached hydrogens (tertiary/aromatic N) is 1. The number of fused-ring (bicyclic) bond motifs is 1. The topological polar surface area (TPSA) is 98.5 Å². The van der Waals surface area contributed by atoms with Crippen LogP contribution in [0.5, 0.6) is 0 Å². The summed E-state index contributed by atoms with van der Waals surface area (Å²) in [5, 5.41) is 14.2. The van der Waals surface area contributed by atoms with Gasteiger partial charge in [-0.3, -0.25) is 14.9 Å². The van der Waals surface area contributed by atoms with Crippen molar-refractivity contribution in [3.05, 3.63) is 75.2 Å². The van der Waals surface area contributed by atoms with Crippen molar-refractivity contribution in [2.45, 2.75) is 19.4 Å². The van der Waals surface area contributed by atoms with Gasteiger partial charge in [-0.1, -0.05) is 30.3 Å². The predicted octanol–water partition coefficient (Wildman–Crippen LogP) is 3.71. The SMILES string of the molecule is C[C@H](OC(=O)c1cc2cc([N+](=O)[O-])ccc2s1)C(=O)NCCc1ccccc1. The predicted molar refractivity (Wildman–Crippen MR) is 107 cm³/mol. The number of thiophene rings is 1. The molecule has 1 heterocycles. The first kappa shape index (κ1) is 19.5. The fraction of sp³-hybridized carbons (Fsp3) is 0.200. The number of carbonyl (C=O) groups is 2. The van der Waals surface area contributed by atoms with Crippen molar-refractivity contribution in [2.24, 2.45) is 0 Å². The lowest BCUT2D eigenvalue weighted by atomic mass is 10.1. The highest BCUT2D eigenvalue weighted by atomic mass is 32.1. The quantitative estimate of drug-likeness (QED) is 0.372. The molecule has 0 unspecified atom stereocenters. The van der Waals surface area contributed by atoms with Gasteiger partial charge >= 0.3 is 5.97 Å². The van der Waals surface area contributed by atoms with E-state index in [1.54, 1.807) is 6.07 Å². The van der Waals surface area contributed by atoms with Crippen LogP contribution in [0.4, 0.5) is 5.69 Å². The Morgan fingerprint density at radius 2 is 1.93 bits per heavy atom. The smallest absolute Gasteiger partial charge is 0.349 e. The van der Waals surface area contributed by atoms with Crippen LogP contribution in [0.3, 0.4) is 0 Å². The number of ether oxygens (including phenoxy) is 1. The molecule has 0 radical (unpaired) electrons. The van der Waals surface area contributed by atoms with Gasteiger partial charge in [0.25, 0.3) is 11.6 Å². The maximum absolute atomic E-state index is 12.3. The highest BCUT2D eigenvalue weighted by Crippen LogP contribution is 2.29. The van der Waals surface area contributed by atoms with Gasteiger partial charge in [-0.2, -0.15) is 0 Å². The van der Waals surface area contributed by atoms with Gasteiger partial charge in [0.05, 0.1) is 4.92 Å². The zero-order valence-electron chi connectivity index (χ0n) is 15.1. The molecule has 0 saturated carbocycles. The molecule has 0 aliphatic rings. The molecule has 1 aromatic heterocycles. The van der Waals surface area contributed by atoms with E-state index < -0.39 is 17.0 Å². The van der Waals surface area contributed by atoms with E-state index in [1.165, 1.54) is 36.5 Å². The number of nitro benzene ring substituents is 1. The molecule has 1 N–H and O–H groups in total. The summed E-state index contributed by atoms with van der Waals surface area (Å²) in [6, 6.07) is 15.7. The molecule has 8 heteroatoms. The summed E-state index contributed by atoms with van der Waals surface area (Å²) < 4.78 is 5.97. The van der Waals surface area contributed by atoms with Crippen molar-refractivity contribution in [1.29, 1.82) is 0 Å². The fourth-order valence-corrected chi connectivity index (χ4v) is 3.56. The zero-order chi connectivity index (χ0) is 20.1. The monoisotopic (exact) mass is 398 g/mol. The molecule has 0 spiro atoms. The minimum absolute atomic E-state index is 0.0450. The average Bonchev–Trinajstić information content (AvgIpc) is 3.12. The molecular formula is C20H18N2O5S. The number of amides is 1. The number of nitrogens with one attached hydrogen (secondary N) is 1. The number of non-ortho nitro benzene ring substituents is 1. The standard InChI is InChI=1S/C20H18N2O5S/c1-13(19(23)21-10-9-14-5-3-2-4-6-14)27-20(24)18-12-15-11-16(22(25)26)7-8-17(15)28-18/h2-8,11-13H,9-10H2,1H3,(H,21,23)/t13-/m0/s1. The van der Waals surface area contributed by atoms with Crippen LogP contribution >= 0.6 is 11.3 Å². The van der Waals surface area contributed by atoms with Crippen LogP contribution in [0.2, 0.25) is 0 Å². The van der Waals surface area contributed by atoms with E-state index in [0.717, 1.165) is 10.3 Å². The first-order valence-electron chi connectivity index (χ1n) is 8.64. The number of esters is 1. The normalized spacial score (nSPS) is 11.8.